The highest BCUT2D eigenvalue weighted by Gasteiger charge is 2.24. The highest BCUT2D eigenvalue weighted by Crippen LogP contribution is 2.21. The summed E-state index contributed by atoms with van der Waals surface area (Å²) >= 11 is 5.79. The van der Waals surface area contributed by atoms with Gasteiger partial charge >= 0.3 is 0 Å². The molecule has 1 N–H and O–H groups in total. The summed E-state index contributed by atoms with van der Waals surface area (Å²) in [4.78, 5) is 18.5. The molecule has 0 radical (unpaired) electrons. The summed E-state index contributed by atoms with van der Waals surface area (Å²) in [5.41, 5.74) is 1.17. The van der Waals surface area contributed by atoms with E-state index in [-0.39, 0.29) is 17.8 Å². The summed E-state index contributed by atoms with van der Waals surface area (Å²) in [6.45, 7) is 1.52. The summed E-state index contributed by atoms with van der Waals surface area (Å²) in [6.07, 6.45) is 3.44. The fraction of sp³-hybridized carbons (Fsp3) is 0.333. The minimum Gasteiger partial charge on any atom is -0.508 e. The number of hydrogen-bond donors (Lipinski definition) is 1. The Labute approximate surface area is 145 Å². The summed E-state index contributed by atoms with van der Waals surface area (Å²) in [5, 5.41) is 10.4. The molecule has 1 atom stereocenters. The average molecular weight is 347 g/mol. The van der Waals surface area contributed by atoms with Crippen LogP contribution in [0.15, 0.2) is 42.6 Å². The molecule has 0 unspecified atom stereocenters. The number of carbonyl (C=O) groups is 1. The molecule has 6 heteroatoms. The first-order valence-corrected chi connectivity index (χ1v) is 8.30. The maximum atomic E-state index is 12.9. The minimum atomic E-state index is -0.155. The van der Waals surface area contributed by atoms with Crippen molar-refractivity contribution in [2.45, 2.75) is 25.5 Å². The van der Waals surface area contributed by atoms with Gasteiger partial charge in [0.25, 0.3) is 5.91 Å². The molecule has 1 aromatic heterocycles. The third-order valence-electron chi connectivity index (χ3n) is 4.06. The van der Waals surface area contributed by atoms with Gasteiger partial charge in [0.1, 0.15) is 10.9 Å². The molecule has 3 rings (SSSR count). The van der Waals surface area contributed by atoms with Crippen LogP contribution in [0.4, 0.5) is 0 Å². The van der Waals surface area contributed by atoms with Crippen LogP contribution in [-0.2, 0) is 11.3 Å². The lowest BCUT2D eigenvalue weighted by Gasteiger charge is -2.26. The van der Waals surface area contributed by atoms with Crippen molar-refractivity contribution >= 4 is 17.5 Å². The van der Waals surface area contributed by atoms with Crippen LogP contribution in [0, 0.1) is 0 Å². The fourth-order valence-electron chi connectivity index (χ4n) is 2.79. The number of benzene rings is 1. The highest BCUT2D eigenvalue weighted by molar-refractivity contribution is 6.29. The maximum absolute atomic E-state index is 12.9. The third kappa shape index (κ3) is 4.04. The normalized spacial score (nSPS) is 17.0. The molecule has 126 valence electrons. The zero-order chi connectivity index (χ0) is 16.9. The second-order valence-electron chi connectivity index (χ2n) is 5.82. The van der Waals surface area contributed by atoms with Gasteiger partial charge in [-0.25, -0.2) is 4.98 Å². The molecule has 24 heavy (non-hydrogen) atoms. The minimum absolute atomic E-state index is 0.0278. The molecule has 2 heterocycles. The van der Waals surface area contributed by atoms with Crippen LogP contribution in [0.5, 0.6) is 5.75 Å². The number of para-hydroxylation sites is 1. The van der Waals surface area contributed by atoms with E-state index in [9.17, 15) is 9.90 Å². The van der Waals surface area contributed by atoms with Gasteiger partial charge in [-0.05, 0) is 31.0 Å². The number of ether oxygens (including phenoxy) is 1. The van der Waals surface area contributed by atoms with Crippen LogP contribution in [-0.4, -0.2) is 40.2 Å². The van der Waals surface area contributed by atoms with E-state index in [1.165, 1.54) is 6.20 Å². The van der Waals surface area contributed by atoms with Crippen LogP contribution >= 0.6 is 11.6 Å². The van der Waals surface area contributed by atoms with E-state index in [2.05, 4.69) is 4.98 Å². The number of rotatable bonds is 5. The lowest BCUT2D eigenvalue weighted by Crippen LogP contribution is -2.37. The summed E-state index contributed by atoms with van der Waals surface area (Å²) in [7, 11) is 0. The molecule has 5 nitrogen and oxygen atoms in total. The Morgan fingerprint density at radius 2 is 2.17 bits per heavy atom. The van der Waals surface area contributed by atoms with Crippen molar-refractivity contribution < 1.29 is 14.6 Å². The third-order valence-corrected chi connectivity index (χ3v) is 4.29. The van der Waals surface area contributed by atoms with Gasteiger partial charge in [0, 0.05) is 31.5 Å². The van der Waals surface area contributed by atoms with Gasteiger partial charge < -0.3 is 14.7 Å². The number of halogens is 1. The molecule has 1 fully saturated rings. The van der Waals surface area contributed by atoms with Gasteiger partial charge in [0.05, 0.1) is 11.7 Å². The van der Waals surface area contributed by atoms with Crippen molar-refractivity contribution in [1.82, 2.24) is 9.88 Å². The highest BCUT2D eigenvalue weighted by atomic mass is 35.5. The number of aromatic hydroxyl groups is 1. The van der Waals surface area contributed by atoms with Gasteiger partial charge in [-0.3, -0.25) is 4.79 Å². The van der Waals surface area contributed by atoms with Gasteiger partial charge in [-0.1, -0.05) is 29.8 Å². The molecule has 2 aromatic rings. The lowest BCUT2D eigenvalue weighted by atomic mass is 10.1. The van der Waals surface area contributed by atoms with E-state index < -0.39 is 0 Å². The fourth-order valence-corrected chi connectivity index (χ4v) is 2.90. The van der Waals surface area contributed by atoms with Gasteiger partial charge in [-0.15, -0.1) is 0 Å². The predicted molar refractivity (Wildman–Crippen MR) is 91.1 cm³/mol. The van der Waals surface area contributed by atoms with E-state index in [0.29, 0.717) is 29.4 Å². The molecule has 1 aliphatic heterocycles. The number of amides is 1. The topological polar surface area (TPSA) is 62.7 Å². The molecule has 1 aromatic carbocycles. The van der Waals surface area contributed by atoms with Gasteiger partial charge in [0.15, 0.2) is 0 Å². The molecule has 0 bridgehead atoms. The van der Waals surface area contributed by atoms with Crippen LogP contribution in [0.25, 0.3) is 0 Å². The molecule has 1 saturated heterocycles. The van der Waals surface area contributed by atoms with Crippen molar-refractivity contribution in [2.75, 3.05) is 13.2 Å². The molecule has 1 amide bonds. The Morgan fingerprint density at radius 1 is 1.33 bits per heavy atom. The van der Waals surface area contributed by atoms with Crippen LogP contribution in [0.1, 0.15) is 28.8 Å². The van der Waals surface area contributed by atoms with E-state index in [4.69, 9.17) is 16.3 Å². The van der Waals surface area contributed by atoms with Crippen LogP contribution in [0.2, 0.25) is 5.15 Å². The Bertz CT molecular complexity index is 700. The summed E-state index contributed by atoms with van der Waals surface area (Å²) in [5.74, 6) is 0.0230. The standard InChI is InChI=1S/C18H19ClN2O3/c19-17-8-7-13(10-20-17)18(23)21(12-15-5-3-9-24-15)11-14-4-1-2-6-16(14)22/h1-2,4,6-8,10,15,22H,3,5,9,11-12H2/t15-/m1/s1. The first-order valence-electron chi connectivity index (χ1n) is 7.93. The Morgan fingerprint density at radius 3 is 2.83 bits per heavy atom. The van der Waals surface area contributed by atoms with E-state index >= 15 is 0 Å². The van der Waals surface area contributed by atoms with Crippen molar-refractivity contribution in [2.24, 2.45) is 0 Å². The van der Waals surface area contributed by atoms with E-state index in [1.807, 2.05) is 12.1 Å². The van der Waals surface area contributed by atoms with E-state index in [0.717, 1.165) is 19.4 Å². The van der Waals surface area contributed by atoms with E-state index in [1.54, 1.807) is 29.2 Å². The second-order valence-corrected chi connectivity index (χ2v) is 6.21. The monoisotopic (exact) mass is 346 g/mol. The summed E-state index contributed by atoms with van der Waals surface area (Å²) in [6, 6.07) is 10.3. The lowest BCUT2D eigenvalue weighted by molar-refractivity contribution is 0.0505. The Balaban J connectivity index is 1.81. The molecule has 1 aliphatic rings. The molecular weight excluding hydrogens is 328 g/mol. The SMILES string of the molecule is O=C(c1ccc(Cl)nc1)N(Cc1ccccc1O)C[C@H]1CCCO1. The predicted octanol–water partition coefficient (Wildman–Crippen LogP) is 3.26. The number of aromatic nitrogens is 1. The quantitative estimate of drug-likeness (QED) is 0.844. The molecule has 0 spiro atoms. The Kier molecular flexibility index (Phi) is 5.33. The van der Waals surface area contributed by atoms with Crippen molar-refractivity contribution in [3.05, 3.63) is 58.9 Å². The first-order chi connectivity index (χ1) is 11.6. The molecule has 0 saturated carbocycles. The first kappa shape index (κ1) is 16.7. The number of hydrogen-bond acceptors (Lipinski definition) is 4. The zero-order valence-corrected chi connectivity index (χ0v) is 13.9. The van der Waals surface area contributed by atoms with Crippen molar-refractivity contribution in [3.63, 3.8) is 0 Å². The molecular formula is C18H19ClN2O3. The van der Waals surface area contributed by atoms with Gasteiger partial charge in [0.2, 0.25) is 0 Å². The zero-order valence-electron chi connectivity index (χ0n) is 13.2. The number of nitrogens with zero attached hydrogens (tertiary/aromatic N) is 2. The molecule has 0 aliphatic carbocycles. The van der Waals surface area contributed by atoms with Crippen molar-refractivity contribution in [3.8, 4) is 5.75 Å². The largest absolute Gasteiger partial charge is 0.508 e. The summed E-state index contributed by atoms with van der Waals surface area (Å²) < 4.78 is 5.66. The number of carbonyl (C=O) groups excluding carboxylic acids is 1. The van der Waals surface area contributed by atoms with Crippen LogP contribution < -0.4 is 0 Å². The smallest absolute Gasteiger partial charge is 0.255 e. The maximum Gasteiger partial charge on any atom is 0.255 e. The number of pyridine rings is 1. The van der Waals surface area contributed by atoms with Gasteiger partial charge in [-0.2, -0.15) is 0 Å². The number of phenolic OH excluding ortho intramolecular Hbond substituents is 1. The van der Waals surface area contributed by atoms with Crippen LogP contribution in [0.3, 0.4) is 0 Å². The Hall–Kier alpha value is -2.11. The number of phenols is 1. The van der Waals surface area contributed by atoms with Crippen molar-refractivity contribution in [1.29, 1.82) is 0 Å². The average Bonchev–Trinajstić information content (AvgIpc) is 3.09. The second kappa shape index (κ2) is 7.64.